The van der Waals surface area contributed by atoms with Gasteiger partial charge in [0.1, 0.15) is 0 Å². The van der Waals surface area contributed by atoms with Gasteiger partial charge in [-0.3, -0.25) is 4.79 Å². The molecule has 28 heavy (non-hydrogen) atoms. The summed E-state index contributed by atoms with van der Waals surface area (Å²) in [6, 6.07) is 13.7. The summed E-state index contributed by atoms with van der Waals surface area (Å²) >= 11 is 7.84. The SMILES string of the molecule is O=C(COC(=O)/C=C/c1sc2ccccc2c1Cl)Nc1ccc2c(c1)CCC2. The summed E-state index contributed by atoms with van der Waals surface area (Å²) in [5.41, 5.74) is 3.35. The van der Waals surface area contributed by atoms with Crippen LogP contribution in [0.25, 0.3) is 16.2 Å². The number of nitrogens with one attached hydrogen (secondary N) is 1. The first kappa shape index (κ1) is 18.7. The lowest BCUT2D eigenvalue weighted by Gasteiger charge is -2.07. The second-order valence-electron chi connectivity index (χ2n) is 6.60. The summed E-state index contributed by atoms with van der Waals surface area (Å²) in [6.45, 7) is -0.333. The molecule has 4 rings (SSSR count). The Balaban J connectivity index is 1.31. The predicted molar refractivity (Wildman–Crippen MR) is 114 cm³/mol. The smallest absolute Gasteiger partial charge is 0.331 e. The standard InChI is InChI=1S/C22H18ClNO3S/c23-22-17-6-1-2-7-18(17)28-19(22)10-11-21(26)27-13-20(25)24-16-9-8-14-4-3-5-15(14)12-16/h1-2,6-12H,3-5,13H2,(H,24,25)/b11-10+. The fourth-order valence-electron chi connectivity index (χ4n) is 3.32. The van der Waals surface area contributed by atoms with Gasteiger partial charge in [0.05, 0.1) is 5.02 Å². The molecule has 0 bridgehead atoms. The van der Waals surface area contributed by atoms with E-state index in [2.05, 4.69) is 5.32 Å². The van der Waals surface area contributed by atoms with Gasteiger partial charge in [-0.05, 0) is 54.7 Å². The van der Waals surface area contributed by atoms with Gasteiger partial charge in [0.2, 0.25) is 0 Å². The molecule has 0 spiro atoms. The molecule has 0 aliphatic heterocycles. The summed E-state index contributed by atoms with van der Waals surface area (Å²) in [5, 5.41) is 4.33. The van der Waals surface area contributed by atoms with Gasteiger partial charge in [-0.1, -0.05) is 35.9 Å². The van der Waals surface area contributed by atoms with Crippen LogP contribution >= 0.6 is 22.9 Å². The number of carbonyl (C=O) groups excluding carboxylic acids is 2. The highest BCUT2D eigenvalue weighted by Crippen LogP contribution is 2.35. The van der Waals surface area contributed by atoms with Crippen molar-refractivity contribution in [3.8, 4) is 0 Å². The average molecular weight is 412 g/mol. The van der Waals surface area contributed by atoms with Crippen LogP contribution in [0.5, 0.6) is 0 Å². The first-order valence-corrected chi connectivity index (χ1v) is 10.2. The first-order valence-electron chi connectivity index (χ1n) is 9.04. The summed E-state index contributed by atoms with van der Waals surface area (Å²) in [7, 11) is 0. The summed E-state index contributed by atoms with van der Waals surface area (Å²) in [6.07, 6.45) is 6.20. The third-order valence-electron chi connectivity index (χ3n) is 4.66. The van der Waals surface area contributed by atoms with Crippen LogP contribution in [-0.4, -0.2) is 18.5 Å². The molecule has 1 aliphatic carbocycles. The number of amides is 1. The molecular weight excluding hydrogens is 394 g/mol. The molecule has 0 atom stereocenters. The van der Waals surface area contributed by atoms with Crippen LogP contribution in [0.2, 0.25) is 5.02 Å². The number of benzene rings is 2. The van der Waals surface area contributed by atoms with Gasteiger partial charge in [-0.15, -0.1) is 11.3 Å². The zero-order chi connectivity index (χ0) is 19.5. The number of hydrogen-bond acceptors (Lipinski definition) is 4. The minimum absolute atomic E-state index is 0.333. The Morgan fingerprint density at radius 2 is 1.96 bits per heavy atom. The molecule has 0 radical (unpaired) electrons. The fourth-order valence-corrected chi connectivity index (χ4v) is 4.71. The zero-order valence-electron chi connectivity index (χ0n) is 15.0. The van der Waals surface area contributed by atoms with E-state index in [0.717, 1.165) is 39.9 Å². The highest BCUT2D eigenvalue weighted by atomic mass is 35.5. The van der Waals surface area contributed by atoms with Gasteiger partial charge in [0.15, 0.2) is 6.61 Å². The monoisotopic (exact) mass is 411 g/mol. The maximum atomic E-state index is 12.0. The third kappa shape index (κ3) is 4.11. The van der Waals surface area contributed by atoms with E-state index in [4.69, 9.17) is 16.3 Å². The number of ether oxygens (including phenoxy) is 1. The molecule has 0 fully saturated rings. The third-order valence-corrected chi connectivity index (χ3v) is 6.31. The Hall–Kier alpha value is -2.63. The Morgan fingerprint density at radius 3 is 2.82 bits per heavy atom. The molecule has 6 heteroatoms. The van der Waals surface area contributed by atoms with E-state index in [1.54, 1.807) is 6.08 Å². The van der Waals surface area contributed by atoms with Crippen LogP contribution in [0.1, 0.15) is 22.4 Å². The van der Waals surface area contributed by atoms with E-state index in [1.165, 1.54) is 28.5 Å². The number of hydrogen-bond donors (Lipinski definition) is 1. The lowest BCUT2D eigenvalue weighted by atomic mass is 10.1. The van der Waals surface area contributed by atoms with Gasteiger partial charge in [0, 0.05) is 26.7 Å². The number of aryl methyl sites for hydroxylation is 2. The number of thiophene rings is 1. The molecule has 1 heterocycles. The Morgan fingerprint density at radius 1 is 1.14 bits per heavy atom. The van der Waals surface area contributed by atoms with E-state index in [1.807, 2.05) is 42.5 Å². The fraction of sp³-hybridized carbons (Fsp3) is 0.182. The number of rotatable bonds is 5. The van der Waals surface area contributed by atoms with Crippen molar-refractivity contribution < 1.29 is 14.3 Å². The van der Waals surface area contributed by atoms with Crippen LogP contribution in [0, 0.1) is 0 Å². The topological polar surface area (TPSA) is 55.4 Å². The molecule has 0 saturated carbocycles. The summed E-state index contributed by atoms with van der Waals surface area (Å²) in [5.74, 6) is -0.947. The Bertz CT molecular complexity index is 1090. The average Bonchev–Trinajstić information content (AvgIpc) is 3.29. The van der Waals surface area contributed by atoms with Crippen LogP contribution < -0.4 is 5.32 Å². The van der Waals surface area contributed by atoms with Gasteiger partial charge < -0.3 is 10.1 Å². The summed E-state index contributed by atoms with van der Waals surface area (Å²) in [4.78, 5) is 24.7. The quantitative estimate of drug-likeness (QED) is 0.461. The van der Waals surface area contributed by atoms with Crippen molar-refractivity contribution in [2.75, 3.05) is 11.9 Å². The molecule has 1 aromatic heterocycles. The highest BCUT2D eigenvalue weighted by Gasteiger charge is 2.13. The number of esters is 1. The largest absolute Gasteiger partial charge is 0.452 e. The molecular formula is C22H18ClNO3S. The van der Waals surface area contributed by atoms with Crippen LogP contribution in [0.4, 0.5) is 5.69 Å². The van der Waals surface area contributed by atoms with Crippen LogP contribution in [0.3, 0.4) is 0 Å². The van der Waals surface area contributed by atoms with Crippen LogP contribution in [0.15, 0.2) is 48.5 Å². The lowest BCUT2D eigenvalue weighted by Crippen LogP contribution is -2.20. The van der Waals surface area contributed by atoms with Gasteiger partial charge in [-0.25, -0.2) is 4.79 Å². The van der Waals surface area contributed by atoms with E-state index >= 15 is 0 Å². The maximum absolute atomic E-state index is 12.0. The molecule has 1 N–H and O–H groups in total. The number of carbonyl (C=O) groups is 2. The van der Waals surface area contributed by atoms with Gasteiger partial charge >= 0.3 is 5.97 Å². The van der Waals surface area contributed by atoms with Crippen molar-refractivity contribution in [3.63, 3.8) is 0 Å². The van der Waals surface area contributed by atoms with Gasteiger partial charge in [0.25, 0.3) is 5.91 Å². The second kappa shape index (κ2) is 8.17. The summed E-state index contributed by atoms with van der Waals surface area (Å²) < 4.78 is 6.08. The number of anilines is 1. The van der Waals surface area contributed by atoms with Crippen molar-refractivity contribution in [3.05, 3.63) is 69.6 Å². The van der Waals surface area contributed by atoms with Gasteiger partial charge in [-0.2, -0.15) is 0 Å². The molecule has 2 aromatic carbocycles. The van der Waals surface area contributed by atoms with E-state index < -0.39 is 5.97 Å². The second-order valence-corrected chi connectivity index (χ2v) is 8.06. The minimum Gasteiger partial charge on any atom is -0.452 e. The van der Waals surface area contributed by atoms with E-state index in [9.17, 15) is 9.59 Å². The molecule has 4 nitrogen and oxygen atoms in total. The van der Waals surface area contributed by atoms with Crippen molar-refractivity contribution >= 4 is 56.7 Å². The van der Waals surface area contributed by atoms with Crippen molar-refractivity contribution in [2.24, 2.45) is 0 Å². The molecule has 1 amide bonds. The molecule has 1 aliphatic rings. The Kier molecular flexibility index (Phi) is 5.46. The van der Waals surface area contributed by atoms with Crippen molar-refractivity contribution in [1.29, 1.82) is 0 Å². The van der Waals surface area contributed by atoms with Crippen LogP contribution in [-0.2, 0) is 27.2 Å². The zero-order valence-corrected chi connectivity index (χ0v) is 16.6. The number of halogens is 1. The predicted octanol–water partition coefficient (Wildman–Crippen LogP) is 5.24. The lowest BCUT2D eigenvalue weighted by molar-refractivity contribution is -0.142. The molecule has 0 unspecified atom stereocenters. The normalized spacial score (nSPS) is 13.0. The van der Waals surface area contributed by atoms with E-state index in [0.29, 0.717) is 5.02 Å². The first-order chi connectivity index (χ1) is 13.6. The molecule has 3 aromatic rings. The van der Waals surface area contributed by atoms with Crippen molar-refractivity contribution in [1.82, 2.24) is 0 Å². The minimum atomic E-state index is -0.586. The molecule has 142 valence electrons. The Labute approximate surface area is 171 Å². The number of fused-ring (bicyclic) bond motifs is 2. The van der Waals surface area contributed by atoms with E-state index in [-0.39, 0.29) is 12.5 Å². The maximum Gasteiger partial charge on any atom is 0.331 e. The van der Waals surface area contributed by atoms with Crippen molar-refractivity contribution in [2.45, 2.75) is 19.3 Å². The highest BCUT2D eigenvalue weighted by molar-refractivity contribution is 7.20. The molecule has 0 saturated heterocycles.